The van der Waals surface area contributed by atoms with Crippen molar-refractivity contribution in [2.45, 2.75) is 142 Å². The number of nitrogens with two attached hydrogens (primary N) is 1. The van der Waals surface area contributed by atoms with Gasteiger partial charge in [-0.2, -0.15) is 16.1 Å². The molecule has 0 bridgehead atoms. The second kappa shape index (κ2) is 27.0. The number of phosphoric acid groups is 3. The fourth-order valence-corrected chi connectivity index (χ4v) is 10.3. The molecule has 1 aliphatic rings. The third kappa shape index (κ3) is 20.4. The van der Waals surface area contributed by atoms with Crippen LogP contribution in [0.15, 0.2) is 12.7 Å². The van der Waals surface area contributed by atoms with Crippen LogP contribution in [0.2, 0.25) is 0 Å². The van der Waals surface area contributed by atoms with Gasteiger partial charge in [-0.05, 0) is 18.1 Å². The van der Waals surface area contributed by atoms with Crippen molar-refractivity contribution in [1.29, 1.82) is 0 Å². The van der Waals surface area contributed by atoms with E-state index >= 15 is 0 Å². The quantitative estimate of drug-likeness (QED) is 0.0352. The van der Waals surface area contributed by atoms with Crippen LogP contribution in [-0.2, 0) is 45.9 Å². The number of aliphatic hydroxyl groups excluding tert-OH is 2. The fraction of sp³-hybridized carbons (Fsp3) is 0.811. The maximum atomic E-state index is 12.7. The molecule has 3 heterocycles. The fourth-order valence-electron chi connectivity index (χ4n) is 6.65. The number of carbonyl (C=O) groups excluding carboxylic acids is 2. The lowest BCUT2D eigenvalue weighted by atomic mass is 9.87. The molecule has 7 atom stereocenters. The van der Waals surface area contributed by atoms with Gasteiger partial charge >= 0.3 is 23.5 Å². The number of amides is 2. The Morgan fingerprint density at radius 1 is 0.891 bits per heavy atom. The molecule has 2 aromatic rings. The highest BCUT2D eigenvalue weighted by Gasteiger charge is 2.50. The molecule has 1 fully saturated rings. The number of nitrogens with zero attached hydrogens (tertiary/aromatic N) is 4. The van der Waals surface area contributed by atoms with Crippen molar-refractivity contribution in [3.05, 3.63) is 12.7 Å². The predicted molar refractivity (Wildman–Crippen MR) is 237 cm³/mol. The third-order valence-electron chi connectivity index (χ3n) is 10.2. The highest BCUT2D eigenvalue weighted by molar-refractivity contribution is 7.99. The Morgan fingerprint density at radius 3 is 2.12 bits per heavy atom. The molecule has 2 aromatic heterocycles. The van der Waals surface area contributed by atoms with Gasteiger partial charge in [0.1, 0.15) is 36.3 Å². The smallest absolute Gasteiger partial charge is 0.386 e. The molecule has 0 aliphatic carbocycles. The Kier molecular flexibility index (Phi) is 23.7. The molecule has 2 amide bonds. The normalized spacial score (nSPS) is 20.6. The average Bonchev–Trinajstić information content (AvgIpc) is 3.76. The van der Waals surface area contributed by atoms with Gasteiger partial charge in [0.25, 0.3) is 0 Å². The van der Waals surface area contributed by atoms with Gasteiger partial charge < -0.3 is 50.9 Å². The molecule has 27 heteroatoms. The van der Waals surface area contributed by atoms with E-state index in [2.05, 4.69) is 48.3 Å². The molecule has 10 N–H and O–H groups in total. The lowest BCUT2D eigenvalue weighted by Gasteiger charge is -2.30. The molecule has 0 saturated carbocycles. The van der Waals surface area contributed by atoms with Crippen LogP contribution in [0.25, 0.3) is 11.2 Å². The number of carbonyl (C=O) groups is 2. The molecular weight excluding hydrogens is 923 g/mol. The van der Waals surface area contributed by atoms with Crippen molar-refractivity contribution in [3.63, 3.8) is 0 Å². The summed E-state index contributed by atoms with van der Waals surface area (Å²) in [5, 5.41) is 26.8. The number of aliphatic hydroxyl groups is 2. The number of anilines is 1. The van der Waals surface area contributed by atoms with Crippen molar-refractivity contribution in [2.24, 2.45) is 11.3 Å². The number of aromatic nitrogens is 4. The van der Waals surface area contributed by atoms with E-state index in [0.717, 1.165) is 41.1 Å². The summed E-state index contributed by atoms with van der Waals surface area (Å²) in [6, 6.07) is 0. The number of imidazole rings is 1. The molecule has 1 aliphatic heterocycles. The van der Waals surface area contributed by atoms with Gasteiger partial charge in [0.15, 0.2) is 17.7 Å². The minimum absolute atomic E-state index is 0.0320. The van der Waals surface area contributed by atoms with E-state index in [1.807, 2.05) is 0 Å². The summed E-state index contributed by atoms with van der Waals surface area (Å²) in [5.41, 5.74) is 4.34. The standard InChI is InChI=1S/C37H68N7O16P3S/c1-26(2)16-14-12-10-8-6-5-7-9-11-13-15-20-64-21-19-39-28(45)17-18-40-35(48)32(47)37(3,4)23-57-63(54,55)60-62(52,53)56-22-27-31(59-61(49,50)51)30(46)36(58-27)44-25-43-29-33(38)41-24-42-34(29)44/h24-27,30-32,36,46-47H,5-23H2,1-4H3,(H,39,45)(H,40,48)(H,52,53)(H,54,55)(H2,38,41,42)(H2,49,50,51)/t27-,30-,31-,32+,36-/m1/s1. The van der Waals surface area contributed by atoms with E-state index in [-0.39, 0.29) is 35.9 Å². The van der Waals surface area contributed by atoms with Gasteiger partial charge in [-0.3, -0.25) is 27.7 Å². The van der Waals surface area contributed by atoms with Crippen LogP contribution < -0.4 is 16.4 Å². The number of thioether (sulfide) groups is 1. The summed E-state index contributed by atoms with van der Waals surface area (Å²) in [7, 11) is -16.3. The van der Waals surface area contributed by atoms with Crippen LogP contribution in [0.5, 0.6) is 0 Å². The molecule has 3 rings (SSSR count). The summed E-state index contributed by atoms with van der Waals surface area (Å²) in [5.74, 6) is 1.33. The number of nitrogens with one attached hydrogen (secondary N) is 2. The minimum atomic E-state index is -5.55. The Morgan fingerprint density at radius 2 is 1.50 bits per heavy atom. The van der Waals surface area contributed by atoms with Gasteiger partial charge in [-0.15, -0.1) is 0 Å². The molecule has 23 nitrogen and oxygen atoms in total. The zero-order valence-corrected chi connectivity index (χ0v) is 40.4. The Hall–Kier alpha value is -2.11. The lowest BCUT2D eigenvalue weighted by molar-refractivity contribution is -0.137. The molecule has 64 heavy (non-hydrogen) atoms. The first kappa shape index (κ1) is 56.2. The Labute approximate surface area is 378 Å². The van der Waals surface area contributed by atoms with Crippen LogP contribution in [0.3, 0.4) is 0 Å². The molecule has 368 valence electrons. The largest absolute Gasteiger partial charge is 0.481 e. The van der Waals surface area contributed by atoms with Crippen molar-refractivity contribution >= 4 is 64.0 Å². The van der Waals surface area contributed by atoms with E-state index in [1.54, 1.807) is 11.8 Å². The zero-order chi connectivity index (χ0) is 47.6. The molecule has 1 saturated heterocycles. The van der Waals surface area contributed by atoms with E-state index in [9.17, 15) is 53.1 Å². The van der Waals surface area contributed by atoms with Crippen molar-refractivity contribution < 1.29 is 75.7 Å². The summed E-state index contributed by atoms with van der Waals surface area (Å²) in [6.07, 6.45) is 8.88. The summed E-state index contributed by atoms with van der Waals surface area (Å²) < 4.78 is 62.5. The predicted octanol–water partition coefficient (Wildman–Crippen LogP) is 4.48. The highest BCUT2D eigenvalue weighted by atomic mass is 32.2. The van der Waals surface area contributed by atoms with E-state index in [1.165, 1.54) is 84.5 Å². The zero-order valence-electron chi connectivity index (χ0n) is 36.9. The van der Waals surface area contributed by atoms with Gasteiger partial charge in [0.2, 0.25) is 11.8 Å². The monoisotopic (exact) mass is 991 g/mol. The van der Waals surface area contributed by atoms with Crippen LogP contribution in [0.4, 0.5) is 5.82 Å². The average molecular weight is 992 g/mol. The van der Waals surface area contributed by atoms with Crippen LogP contribution >= 0.6 is 35.2 Å². The second-order valence-electron chi connectivity index (χ2n) is 16.8. The number of unbranched alkanes of at least 4 members (excludes halogenated alkanes) is 10. The van der Waals surface area contributed by atoms with Gasteiger partial charge in [-0.25, -0.2) is 28.6 Å². The highest BCUT2D eigenvalue weighted by Crippen LogP contribution is 2.61. The maximum Gasteiger partial charge on any atom is 0.481 e. The van der Waals surface area contributed by atoms with Crippen molar-refractivity contribution in [2.75, 3.05) is 43.5 Å². The van der Waals surface area contributed by atoms with Crippen LogP contribution in [0, 0.1) is 11.3 Å². The van der Waals surface area contributed by atoms with Crippen LogP contribution in [0.1, 0.15) is 117 Å². The first-order valence-electron chi connectivity index (χ1n) is 21.5. The summed E-state index contributed by atoms with van der Waals surface area (Å²) in [4.78, 5) is 76.1. The number of ether oxygens (including phenoxy) is 1. The SMILES string of the molecule is CC(C)CCCCCCCCCCCCCSCCNC(=O)CCNC(=O)[C@H](O)C(C)(C)COP(=O)(O)OP(=O)(O)OC[C@H]1O[C@@H](n2cnc3c(N)ncnc32)[C@H](O)[C@@H]1OP(=O)(O)O. The molecule has 0 radical (unpaired) electrons. The van der Waals surface area contributed by atoms with E-state index in [4.69, 9.17) is 19.5 Å². The number of hydrogen-bond acceptors (Lipinski definition) is 17. The molecule has 0 spiro atoms. The second-order valence-corrected chi connectivity index (χ2v) is 22.2. The summed E-state index contributed by atoms with van der Waals surface area (Å²) in [6.45, 7) is 5.54. The molecule has 0 aromatic carbocycles. The van der Waals surface area contributed by atoms with Crippen molar-refractivity contribution in [3.8, 4) is 0 Å². The Bertz CT molecular complexity index is 1890. The van der Waals surface area contributed by atoms with Gasteiger partial charge in [0.05, 0.1) is 19.5 Å². The number of rotatable bonds is 33. The minimum Gasteiger partial charge on any atom is -0.386 e. The van der Waals surface area contributed by atoms with Gasteiger partial charge in [0, 0.05) is 30.7 Å². The molecule has 2 unspecified atom stereocenters. The number of fused-ring (bicyclic) bond motifs is 1. The van der Waals surface area contributed by atoms with E-state index in [0.29, 0.717) is 6.54 Å². The number of hydrogen-bond donors (Lipinski definition) is 9. The Balaban J connectivity index is 1.31. The van der Waals surface area contributed by atoms with E-state index < -0.39 is 78.6 Å². The summed E-state index contributed by atoms with van der Waals surface area (Å²) >= 11 is 1.77. The number of phosphoric ester groups is 3. The topological polar surface area (TPSA) is 347 Å². The van der Waals surface area contributed by atoms with Gasteiger partial charge in [-0.1, -0.05) is 98.3 Å². The third-order valence-corrected chi connectivity index (χ3v) is 14.4. The van der Waals surface area contributed by atoms with Crippen LogP contribution in [-0.4, -0.2) is 123 Å². The van der Waals surface area contributed by atoms with Crippen molar-refractivity contribution in [1.82, 2.24) is 30.2 Å². The lowest BCUT2D eigenvalue weighted by Crippen LogP contribution is -2.46. The maximum absolute atomic E-state index is 12.7. The molecular formula is C37H68N7O16P3S. The first-order valence-corrected chi connectivity index (χ1v) is 27.2. The first-order chi connectivity index (χ1) is 30.0. The number of nitrogen functional groups attached to an aromatic ring is 1.